The van der Waals surface area contributed by atoms with Gasteiger partial charge >= 0.3 is 0 Å². The van der Waals surface area contributed by atoms with Gasteiger partial charge in [-0.1, -0.05) is 6.92 Å². The van der Waals surface area contributed by atoms with Gasteiger partial charge in [0.15, 0.2) is 5.78 Å². The average molecular weight is 163 g/mol. The minimum Gasteiger partial charge on any atom is -0.293 e. The van der Waals surface area contributed by atoms with Crippen molar-refractivity contribution in [2.45, 2.75) is 26.7 Å². The fraction of sp³-hybridized carbons (Fsp3) is 0.600. The summed E-state index contributed by atoms with van der Waals surface area (Å²) in [4.78, 5) is 15.3. The van der Waals surface area contributed by atoms with E-state index in [1.807, 2.05) is 6.20 Å². The molecule has 1 fully saturated rings. The first kappa shape index (κ1) is 7.71. The summed E-state index contributed by atoms with van der Waals surface area (Å²) in [6.07, 6.45) is 4.12. The van der Waals surface area contributed by atoms with E-state index in [4.69, 9.17) is 0 Å². The summed E-state index contributed by atoms with van der Waals surface area (Å²) in [7, 11) is 0. The molecular weight excluding hydrogens is 150 g/mol. The molecule has 0 bridgehead atoms. The number of fused-ring (bicyclic) bond motifs is 1. The van der Waals surface area contributed by atoms with E-state index in [2.05, 4.69) is 11.9 Å². The maximum atomic E-state index is 11.1. The van der Waals surface area contributed by atoms with Crippen LogP contribution in [0.5, 0.6) is 0 Å². The van der Waals surface area contributed by atoms with Gasteiger partial charge in [0, 0.05) is 19.0 Å². The fourth-order valence-corrected chi connectivity index (χ4v) is 1.96. The Hall–Kier alpha value is -0.920. The highest BCUT2D eigenvalue weighted by Gasteiger charge is 2.45. The molecule has 2 aliphatic rings. The zero-order chi connectivity index (χ0) is 8.72. The highest BCUT2D eigenvalue weighted by atomic mass is 16.1. The normalized spacial score (nSPS) is 31.8. The molecule has 0 amide bonds. The molecule has 2 atom stereocenters. The first-order valence-corrected chi connectivity index (χ1v) is 4.51. The minimum absolute atomic E-state index is 0.147. The number of ketones is 1. The van der Waals surface area contributed by atoms with Crippen molar-refractivity contribution in [1.29, 1.82) is 0 Å². The fourth-order valence-electron chi connectivity index (χ4n) is 1.96. The molecule has 0 aromatic rings. The lowest BCUT2D eigenvalue weighted by atomic mass is 10.0. The SMILES string of the molecule is CCC1=CN=C(C(C)=O)C2CC12. The van der Waals surface area contributed by atoms with Gasteiger partial charge in [-0.3, -0.25) is 9.79 Å². The first-order chi connectivity index (χ1) is 5.74. The zero-order valence-electron chi connectivity index (χ0n) is 7.50. The number of aliphatic imine (C=N–C) groups is 1. The lowest BCUT2D eigenvalue weighted by Gasteiger charge is -2.08. The van der Waals surface area contributed by atoms with Crippen LogP contribution in [0.4, 0.5) is 0 Å². The predicted molar refractivity (Wildman–Crippen MR) is 48.1 cm³/mol. The Balaban J connectivity index is 2.25. The number of carbonyl (C=O) groups is 1. The van der Waals surface area contributed by atoms with Crippen LogP contribution in [0, 0.1) is 11.8 Å². The molecule has 2 nitrogen and oxygen atoms in total. The van der Waals surface area contributed by atoms with Crippen molar-refractivity contribution in [3.05, 3.63) is 11.8 Å². The number of Topliss-reactive ketones (excluding diaryl/α,β-unsaturated/α-hetero) is 1. The van der Waals surface area contributed by atoms with Crippen LogP contribution in [-0.4, -0.2) is 11.5 Å². The summed E-state index contributed by atoms with van der Waals surface area (Å²) in [5, 5.41) is 0. The quantitative estimate of drug-likeness (QED) is 0.612. The molecule has 0 aromatic heterocycles. The standard InChI is InChI=1S/C10H13NO/c1-3-7-5-11-10(6(2)12)9-4-8(7)9/h5,8-9H,3-4H2,1-2H3. The van der Waals surface area contributed by atoms with Gasteiger partial charge in [-0.25, -0.2) is 0 Å². The van der Waals surface area contributed by atoms with E-state index < -0.39 is 0 Å². The van der Waals surface area contributed by atoms with Crippen LogP contribution in [0.15, 0.2) is 16.8 Å². The molecule has 1 saturated carbocycles. The Labute approximate surface area is 72.4 Å². The topological polar surface area (TPSA) is 29.4 Å². The van der Waals surface area contributed by atoms with Gasteiger partial charge in [-0.2, -0.15) is 0 Å². The predicted octanol–water partition coefficient (Wildman–Crippen LogP) is 1.96. The van der Waals surface area contributed by atoms with E-state index in [0.717, 1.165) is 18.6 Å². The molecule has 1 aliphatic heterocycles. The van der Waals surface area contributed by atoms with Crippen LogP contribution in [0.3, 0.4) is 0 Å². The summed E-state index contributed by atoms with van der Waals surface area (Å²) in [6.45, 7) is 3.76. The van der Waals surface area contributed by atoms with E-state index in [9.17, 15) is 4.79 Å². The smallest absolute Gasteiger partial charge is 0.174 e. The molecule has 12 heavy (non-hydrogen) atoms. The minimum atomic E-state index is 0.147. The van der Waals surface area contributed by atoms with E-state index in [1.54, 1.807) is 6.92 Å². The third kappa shape index (κ3) is 1.02. The molecule has 1 aliphatic carbocycles. The lowest BCUT2D eigenvalue weighted by Crippen LogP contribution is -2.15. The number of nitrogens with zero attached hydrogens (tertiary/aromatic N) is 1. The highest BCUT2D eigenvalue weighted by molar-refractivity contribution is 6.40. The van der Waals surface area contributed by atoms with Crippen LogP contribution >= 0.6 is 0 Å². The van der Waals surface area contributed by atoms with Crippen LogP contribution in [0.1, 0.15) is 26.7 Å². The Morgan fingerprint density at radius 2 is 2.42 bits per heavy atom. The van der Waals surface area contributed by atoms with Crippen molar-refractivity contribution in [1.82, 2.24) is 0 Å². The molecule has 0 radical (unpaired) electrons. The summed E-state index contributed by atoms with van der Waals surface area (Å²) < 4.78 is 0. The average Bonchev–Trinajstić information content (AvgIpc) is 2.80. The van der Waals surface area contributed by atoms with Gasteiger partial charge in [0.1, 0.15) is 0 Å². The highest BCUT2D eigenvalue weighted by Crippen LogP contribution is 2.48. The van der Waals surface area contributed by atoms with Gasteiger partial charge in [0.25, 0.3) is 0 Å². The Kier molecular flexibility index (Phi) is 1.63. The molecule has 0 N–H and O–H groups in total. The van der Waals surface area contributed by atoms with Crippen molar-refractivity contribution < 1.29 is 4.79 Å². The molecular formula is C10H13NO. The largest absolute Gasteiger partial charge is 0.293 e. The number of rotatable bonds is 2. The molecule has 2 unspecified atom stereocenters. The molecule has 0 aromatic carbocycles. The summed E-state index contributed by atoms with van der Waals surface area (Å²) in [5.41, 5.74) is 2.22. The van der Waals surface area contributed by atoms with Gasteiger partial charge < -0.3 is 0 Å². The second-order valence-electron chi connectivity index (χ2n) is 3.58. The Morgan fingerprint density at radius 1 is 1.67 bits per heavy atom. The second-order valence-corrected chi connectivity index (χ2v) is 3.58. The monoisotopic (exact) mass is 163 g/mol. The Morgan fingerprint density at radius 3 is 3.00 bits per heavy atom. The van der Waals surface area contributed by atoms with Crippen LogP contribution in [0.2, 0.25) is 0 Å². The van der Waals surface area contributed by atoms with Gasteiger partial charge in [-0.15, -0.1) is 0 Å². The van der Waals surface area contributed by atoms with E-state index in [-0.39, 0.29) is 5.78 Å². The van der Waals surface area contributed by atoms with E-state index in [0.29, 0.717) is 11.8 Å². The maximum Gasteiger partial charge on any atom is 0.174 e. The summed E-state index contributed by atoms with van der Waals surface area (Å²) in [6, 6.07) is 0. The lowest BCUT2D eigenvalue weighted by molar-refractivity contribution is -0.111. The van der Waals surface area contributed by atoms with Crippen molar-refractivity contribution in [3.8, 4) is 0 Å². The third-order valence-electron chi connectivity index (χ3n) is 2.76. The van der Waals surface area contributed by atoms with Gasteiger partial charge in [-0.05, 0) is 24.3 Å². The molecule has 0 spiro atoms. The summed E-state index contributed by atoms with van der Waals surface area (Å²) in [5.74, 6) is 1.28. The van der Waals surface area contributed by atoms with Crippen molar-refractivity contribution >= 4 is 11.5 Å². The van der Waals surface area contributed by atoms with Gasteiger partial charge in [0.05, 0.1) is 5.71 Å². The molecule has 2 rings (SSSR count). The number of hydrogen-bond acceptors (Lipinski definition) is 2. The van der Waals surface area contributed by atoms with Crippen LogP contribution < -0.4 is 0 Å². The third-order valence-corrected chi connectivity index (χ3v) is 2.76. The van der Waals surface area contributed by atoms with Crippen molar-refractivity contribution in [2.75, 3.05) is 0 Å². The first-order valence-electron chi connectivity index (χ1n) is 4.51. The Bertz CT molecular complexity index is 288. The van der Waals surface area contributed by atoms with E-state index >= 15 is 0 Å². The summed E-state index contributed by atoms with van der Waals surface area (Å²) >= 11 is 0. The molecule has 0 saturated heterocycles. The van der Waals surface area contributed by atoms with Crippen molar-refractivity contribution in [3.63, 3.8) is 0 Å². The zero-order valence-corrected chi connectivity index (χ0v) is 7.50. The van der Waals surface area contributed by atoms with Crippen LogP contribution in [0.25, 0.3) is 0 Å². The number of hydrogen-bond donors (Lipinski definition) is 0. The second kappa shape index (κ2) is 2.54. The molecule has 64 valence electrons. The molecule has 1 heterocycles. The maximum absolute atomic E-state index is 11.1. The van der Waals surface area contributed by atoms with E-state index in [1.165, 1.54) is 5.57 Å². The van der Waals surface area contributed by atoms with Crippen molar-refractivity contribution in [2.24, 2.45) is 16.8 Å². The van der Waals surface area contributed by atoms with Gasteiger partial charge in [0.2, 0.25) is 0 Å². The molecule has 2 heteroatoms. The number of allylic oxidation sites excluding steroid dienone is 1. The number of carbonyl (C=O) groups excluding carboxylic acids is 1. The van der Waals surface area contributed by atoms with Crippen LogP contribution in [-0.2, 0) is 4.79 Å².